The summed E-state index contributed by atoms with van der Waals surface area (Å²) in [6.07, 6.45) is 1.49. The summed E-state index contributed by atoms with van der Waals surface area (Å²) in [5, 5.41) is 0. The van der Waals surface area contributed by atoms with Crippen LogP contribution in [-0.2, 0) is 19.6 Å². The average molecular weight is 196 g/mol. The quantitative estimate of drug-likeness (QED) is 0.496. The van der Waals surface area contributed by atoms with Crippen LogP contribution in [0.2, 0.25) is 0 Å². The van der Waals surface area contributed by atoms with E-state index >= 15 is 0 Å². The van der Waals surface area contributed by atoms with Gasteiger partial charge in [0.05, 0.1) is 0 Å². The van der Waals surface area contributed by atoms with Crippen molar-refractivity contribution in [3.8, 4) is 0 Å². The van der Waals surface area contributed by atoms with Crippen LogP contribution in [0.25, 0.3) is 0 Å². The number of ether oxygens (including phenoxy) is 1. The van der Waals surface area contributed by atoms with Crippen molar-refractivity contribution in [2.75, 3.05) is 0 Å². The fraction of sp³-hybridized carbons (Fsp3) is 0.833. The SMILES string of the molecule is CCCCC(OC=O)S(=O)(=O)O. The highest BCUT2D eigenvalue weighted by atomic mass is 32.2. The molecule has 0 spiro atoms. The van der Waals surface area contributed by atoms with Crippen LogP contribution in [-0.4, -0.2) is 24.9 Å². The van der Waals surface area contributed by atoms with E-state index in [0.717, 1.165) is 6.42 Å². The second kappa shape index (κ2) is 5.10. The monoisotopic (exact) mass is 196 g/mol. The molecular formula is C6H12O5S. The van der Waals surface area contributed by atoms with Crippen LogP contribution < -0.4 is 0 Å². The minimum atomic E-state index is -4.25. The van der Waals surface area contributed by atoms with Crippen LogP contribution in [0.4, 0.5) is 0 Å². The highest BCUT2D eigenvalue weighted by molar-refractivity contribution is 7.86. The largest absolute Gasteiger partial charge is 0.446 e. The van der Waals surface area contributed by atoms with Gasteiger partial charge in [-0.15, -0.1) is 0 Å². The fourth-order valence-electron chi connectivity index (χ4n) is 0.720. The lowest BCUT2D eigenvalue weighted by atomic mass is 10.3. The maximum absolute atomic E-state index is 10.5. The van der Waals surface area contributed by atoms with Gasteiger partial charge in [0.15, 0.2) is 0 Å². The van der Waals surface area contributed by atoms with Gasteiger partial charge in [-0.1, -0.05) is 13.3 Å². The van der Waals surface area contributed by atoms with Crippen LogP contribution in [0.5, 0.6) is 0 Å². The van der Waals surface area contributed by atoms with Crippen molar-refractivity contribution in [3.05, 3.63) is 0 Å². The molecular weight excluding hydrogens is 184 g/mol. The van der Waals surface area contributed by atoms with Crippen molar-refractivity contribution in [2.24, 2.45) is 0 Å². The first kappa shape index (κ1) is 11.4. The number of carbonyl (C=O) groups excluding carboxylic acids is 1. The normalized spacial score (nSPS) is 13.8. The molecule has 0 aromatic heterocycles. The molecule has 0 amide bonds. The molecule has 0 radical (unpaired) electrons. The summed E-state index contributed by atoms with van der Waals surface area (Å²) in [6, 6.07) is 0. The standard InChI is InChI=1S/C6H12O5S/c1-2-3-4-6(11-5-7)12(8,9)10/h5-6H,2-4H2,1H3,(H,8,9,10). The van der Waals surface area contributed by atoms with Crippen molar-refractivity contribution < 1.29 is 22.5 Å². The molecule has 0 aromatic rings. The van der Waals surface area contributed by atoms with E-state index in [2.05, 4.69) is 4.74 Å². The van der Waals surface area contributed by atoms with Crippen LogP contribution in [0.1, 0.15) is 26.2 Å². The van der Waals surface area contributed by atoms with E-state index in [1.807, 2.05) is 6.92 Å². The van der Waals surface area contributed by atoms with Crippen LogP contribution in [0.15, 0.2) is 0 Å². The number of hydrogen-bond donors (Lipinski definition) is 1. The maximum Gasteiger partial charge on any atom is 0.303 e. The Labute approximate surface area is 71.5 Å². The third-order valence-electron chi connectivity index (χ3n) is 1.33. The molecule has 1 atom stereocenters. The molecule has 6 heteroatoms. The first-order valence-corrected chi connectivity index (χ1v) is 5.08. The first-order valence-electron chi connectivity index (χ1n) is 3.57. The molecule has 5 nitrogen and oxygen atoms in total. The zero-order chi connectivity index (χ0) is 9.61. The van der Waals surface area contributed by atoms with Crippen LogP contribution in [0, 0.1) is 0 Å². The van der Waals surface area contributed by atoms with Gasteiger partial charge in [0.25, 0.3) is 6.47 Å². The molecule has 0 bridgehead atoms. The molecule has 0 heterocycles. The fourth-order valence-corrected chi connectivity index (χ4v) is 1.37. The molecule has 1 N–H and O–H groups in total. The molecule has 72 valence electrons. The summed E-state index contributed by atoms with van der Waals surface area (Å²) in [5.74, 6) is 0. The summed E-state index contributed by atoms with van der Waals surface area (Å²) in [7, 11) is -4.25. The Balaban J connectivity index is 4.14. The highest BCUT2D eigenvalue weighted by Crippen LogP contribution is 2.09. The lowest BCUT2D eigenvalue weighted by Crippen LogP contribution is -2.23. The minimum Gasteiger partial charge on any atom is -0.446 e. The van der Waals surface area contributed by atoms with Crippen molar-refractivity contribution in [1.82, 2.24) is 0 Å². The molecule has 0 rings (SSSR count). The van der Waals surface area contributed by atoms with Crippen LogP contribution >= 0.6 is 0 Å². The molecule has 12 heavy (non-hydrogen) atoms. The van der Waals surface area contributed by atoms with Crippen molar-refractivity contribution in [2.45, 2.75) is 31.6 Å². The van der Waals surface area contributed by atoms with E-state index in [9.17, 15) is 13.2 Å². The topological polar surface area (TPSA) is 80.7 Å². The highest BCUT2D eigenvalue weighted by Gasteiger charge is 2.23. The smallest absolute Gasteiger partial charge is 0.303 e. The van der Waals surface area contributed by atoms with E-state index in [1.165, 1.54) is 0 Å². The van der Waals surface area contributed by atoms with Gasteiger partial charge in [0.2, 0.25) is 5.44 Å². The Morgan fingerprint density at radius 3 is 2.50 bits per heavy atom. The molecule has 0 saturated heterocycles. The van der Waals surface area contributed by atoms with Gasteiger partial charge in [-0.3, -0.25) is 9.35 Å². The molecule has 0 fully saturated rings. The zero-order valence-corrected chi connectivity index (χ0v) is 7.58. The lowest BCUT2D eigenvalue weighted by molar-refractivity contribution is -0.130. The van der Waals surface area contributed by atoms with Crippen LogP contribution in [0.3, 0.4) is 0 Å². The summed E-state index contributed by atoms with van der Waals surface area (Å²) in [6.45, 7) is 1.88. The first-order chi connectivity index (χ1) is 5.52. The number of unbranched alkanes of at least 4 members (excludes halogenated alkanes) is 1. The van der Waals surface area contributed by atoms with E-state index in [0.29, 0.717) is 6.42 Å². The summed E-state index contributed by atoms with van der Waals surface area (Å²) in [4.78, 5) is 9.83. The van der Waals surface area contributed by atoms with E-state index in [4.69, 9.17) is 4.55 Å². The molecule has 0 aliphatic rings. The summed E-state index contributed by atoms with van der Waals surface area (Å²) >= 11 is 0. The molecule has 0 aliphatic carbocycles. The third kappa shape index (κ3) is 4.30. The minimum absolute atomic E-state index is 0.0219. The molecule has 0 saturated carbocycles. The van der Waals surface area contributed by atoms with E-state index < -0.39 is 15.6 Å². The number of rotatable bonds is 6. The zero-order valence-electron chi connectivity index (χ0n) is 6.76. The Bertz CT molecular complexity index is 220. The number of hydrogen-bond acceptors (Lipinski definition) is 4. The van der Waals surface area contributed by atoms with Crippen molar-refractivity contribution in [3.63, 3.8) is 0 Å². The molecule has 0 aliphatic heterocycles. The van der Waals surface area contributed by atoms with Crippen molar-refractivity contribution >= 4 is 16.6 Å². The summed E-state index contributed by atoms with van der Waals surface area (Å²) < 4.78 is 33.7. The number of carbonyl (C=O) groups is 1. The van der Waals surface area contributed by atoms with E-state index in [1.54, 1.807) is 0 Å². The van der Waals surface area contributed by atoms with Gasteiger partial charge >= 0.3 is 10.1 Å². The molecule has 1 unspecified atom stereocenters. The van der Waals surface area contributed by atoms with E-state index in [-0.39, 0.29) is 12.9 Å². The Morgan fingerprint density at radius 1 is 1.58 bits per heavy atom. The lowest BCUT2D eigenvalue weighted by Gasteiger charge is -2.10. The predicted octanol–water partition coefficient (Wildman–Crippen LogP) is 0.564. The second-order valence-electron chi connectivity index (χ2n) is 2.32. The van der Waals surface area contributed by atoms with Gasteiger partial charge in [0, 0.05) is 6.42 Å². The van der Waals surface area contributed by atoms with Crippen molar-refractivity contribution in [1.29, 1.82) is 0 Å². The van der Waals surface area contributed by atoms with Gasteiger partial charge < -0.3 is 4.74 Å². The Hall–Kier alpha value is -0.620. The third-order valence-corrected chi connectivity index (χ3v) is 2.34. The van der Waals surface area contributed by atoms with Gasteiger partial charge in [-0.25, -0.2) is 0 Å². The molecule has 0 aromatic carbocycles. The van der Waals surface area contributed by atoms with Gasteiger partial charge in [-0.05, 0) is 6.42 Å². The Morgan fingerprint density at radius 2 is 2.17 bits per heavy atom. The van der Waals surface area contributed by atoms with Gasteiger partial charge in [-0.2, -0.15) is 8.42 Å². The average Bonchev–Trinajstić information content (AvgIpc) is 1.95. The van der Waals surface area contributed by atoms with Gasteiger partial charge in [0.1, 0.15) is 0 Å². The summed E-state index contributed by atoms with van der Waals surface area (Å²) in [5.41, 5.74) is -1.41. The Kier molecular flexibility index (Phi) is 4.84. The maximum atomic E-state index is 10.5. The second-order valence-corrected chi connectivity index (χ2v) is 3.87. The predicted molar refractivity (Wildman–Crippen MR) is 42.0 cm³/mol.